The maximum Gasteiger partial charge on any atom is 0.132 e. The lowest BCUT2D eigenvalue weighted by atomic mass is 9.78. The Morgan fingerprint density at radius 1 is 1.04 bits per heavy atom. The van der Waals surface area contributed by atoms with Gasteiger partial charge in [-0.2, -0.15) is 0 Å². The van der Waals surface area contributed by atoms with Crippen molar-refractivity contribution in [1.29, 1.82) is 0 Å². The molecule has 1 aliphatic carbocycles. The van der Waals surface area contributed by atoms with E-state index in [1.807, 2.05) is 13.0 Å². The molecule has 7 heteroatoms. The van der Waals surface area contributed by atoms with Crippen LogP contribution in [0.25, 0.3) is 0 Å². The molecule has 0 amide bonds. The van der Waals surface area contributed by atoms with Crippen LogP contribution in [-0.4, -0.2) is 36.2 Å². The molecule has 154 valence electrons. The SMILES string of the molecule is COc1ccccc1C1CCN(c2cc(C3CC(N)C3)nc(C)n2)CC1.Cl.Cl. The zero-order chi connectivity index (χ0) is 18.1. The van der Waals surface area contributed by atoms with Gasteiger partial charge >= 0.3 is 0 Å². The number of ether oxygens (including phenoxy) is 1. The minimum atomic E-state index is 0. The molecule has 5 nitrogen and oxygen atoms in total. The van der Waals surface area contributed by atoms with Crippen LogP contribution in [0.15, 0.2) is 30.3 Å². The summed E-state index contributed by atoms with van der Waals surface area (Å²) >= 11 is 0. The minimum absolute atomic E-state index is 0. The van der Waals surface area contributed by atoms with E-state index in [9.17, 15) is 0 Å². The predicted octanol–water partition coefficient (Wildman–Crippen LogP) is 4.23. The van der Waals surface area contributed by atoms with E-state index >= 15 is 0 Å². The van der Waals surface area contributed by atoms with Crippen LogP contribution >= 0.6 is 24.8 Å². The number of methoxy groups -OCH3 is 1. The normalized spacial score (nSPS) is 21.9. The van der Waals surface area contributed by atoms with Gasteiger partial charge in [-0.15, -0.1) is 24.8 Å². The summed E-state index contributed by atoms with van der Waals surface area (Å²) in [5.41, 5.74) is 8.45. The van der Waals surface area contributed by atoms with E-state index in [-0.39, 0.29) is 24.8 Å². The molecule has 4 rings (SSSR count). The van der Waals surface area contributed by atoms with Gasteiger partial charge in [0.05, 0.1) is 7.11 Å². The lowest BCUT2D eigenvalue weighted by Crippen LogP contribution is -2.36. The zero-order valence-electron chi connectivity index (χ0n) is 16.5. The summed E-state index contributed by atoms with van der Waals surface area (Å²) in [5, 5.41) is 0. The number of anilines is 1. The highest BCUT2D eigenvalue weighted by Gasteiger charge is 2.30. The van der Waals surface area contributed by atoms with E-state index in [0.717, 1.165) is 56.2 Å². The highest BCUT2D eigenvalue weighted by Crippen LogP contribution is 2.37. The van der Waals surface area contributed by atoms with Crippen molar-refractivity contribution in [2.45, 2.75) is 50.5 Å². The number of nitrogens with two attached hydrogens (primary N) is 1. The van der Waals surface area contributed by atoms with Gasteiger partial charge < -0.3 is 15.4 Å². The molecule has 0 bridgehead atoms. The largest absolute Gasteiger partial charge is 0.496 e. The first-order chi connectivity index (χ1) is 12.6. The third kappa shape index (κ3) is 4.70. The van der Waals surface area contributed by atoms with Crippen molar-refractivity contribution < 1.29 is 4.74 Å². The third-order valence-corrected chi connectivity index (χ3v) is 5.83. The van der Waals surface area contributed by atoms with Crippen LogP contribution in [0, 0.1) is 6.92 Å². The lowest BCUT2D eigenvalue weighted by Gasteiger charge is -2.35. The van der Waals surface area contributed by atoms with E-state index in [4.69, 9.17) is 15.5 Å². The summed E-state index contributed by atoms with van der Waals surface area (Å²) in [6, 6.07) is 10.9. The van der Waals surface area contributed by atoms with Crippen LogP contribution in [0.5, 0.6) is 5.75 Å². The van der Waals surface area contributed by atoms with Crippen LogP contribution in [0.2, 0.25) is 0 Å². The van der Waals surface area contributed by atoms with Gasteiger partial charge in [-0.3, -0.25) is 0 Å². The van der Waals surface area contributed by atoms with Crippen molar-refractivity contribution in [3.8, 4) is 5.75 Å². The molecule has 1 aromatic heterocycles. The molecule has 0 unspecified atom stereocenters. The maximum atomic E-state index is 5.96. The van der Waals surface area contributed by atoms with E-state index in [1.54, 1.807) is 7.11 Å². The van der Waals surface area contributed by atoms with E-state index in [1.165, 1.54) is 11.3 Å². The molecule has 2 heterocycles. The Kier molecular flexibility index (Phi) is 7.93. The second-order valence-corrected chi connectivity index (χ2v) is 7.63. The Balaban J connectivity index is 0.00000140. The zero-order valence-corrected chi connectivity index (χ0v) is 18.1. The molecule has 28 heavy (non-hydrogen) atoms. The Bertz CT molecular complexity index is 775. The highest BCUT2D eigenvalue weighted by molar-refractivity contribution is 5.85. The van der Waals surface area contributed by atoms with Crippen molar-refractivity contribution in [2.24, 2.45) is 5.73 Å². The van der Waals surface area contributed by atoms with Crippen molar-refractivity contribution in [3.63, 3.8) is 0 Å². The third-order valence-electron chi connectivity index (χ3n) is 5.83. The number of hydrogen-bond acceptors (Lipinski definition) is 5. The average molecular weight is 425 g/mol. The van der Waals surface area contributed by atoms with Gasteiger partial charge in [0.15, 0.2) is 0 Å². The summed E-state index contributed by atoms with van der Waals surface area (Å²) in [4.78, 5) is 11.8. The fourth-order valence-electron chi connectivity index (χ4n) is 4.27. The number of halogens is 2. The van der Waals surface area contributed by atoms with Crippen LogP contribution in [0.3, 0.4) is 0 Å². The summed E-state index contributed by atoms with van der Waals surface area (Å²) in [5.74, 6) is 4.01. The molecule has 2 aromatic rings. The van der Waals surface area contributed by atoms with Gasteiger partial charge in [0.25, 0.3) is 0 Å². The first kappa shape index (κ1) is 22.7. The predicted molar refractivity (Wildman–Crippen MR) is 118 cm³/mol. The van der Waals surface area contributed by atoms with E-state index in [0.29, 0.717) is 17.9 Å². The minimum Gasteiger partial charge on any atom is -0.496 e. The van der Waals surface area contributed by atoms with Crippen molar-refractivity contribution in [3.05, 3.63) is 47.4 Å². The molecule has 1 aromatic carbocycles. The Morgan fingerprint density at radius 2 is 1.71 bits per heavy atom. The first-order valence-electron chi connectivity index (χ1n) is 9.63. The molecule has 2 fully saturated rings. The topological polar surface area (TPSA) is 64.3 Å². The summed E-state index contributed by atoms with van der Waals surface area (Å²) in [6.07, 6.45) is 4.33. The van der Waals surface area contributed by atoms with Crippen LogP contribution in [0.4, 0.5) is 5.82 Å². The second kappa shape index (κ2) is 9.77. The molecule has 2 N–H and O–H groups in total. The number of hydrogen-bond donors (Lipinski definition) is 1. The maximum absolute atomic E-state index is 5.96. The summed E-state index contributed by atoms with van der Waals surface area (Å²) in [7, 11) is 1.76. The standard InChI is InChI=1S/C21H28N4O.2ClH/c1-14-23-19(16-11-17(22)12-16)13-21(24-14)25-9-7-15(8-10-25)18-5-3-4-6-20(18)26-2;;/h3-6,13,15-17H,7-12,22H2,1-2H3;2*1H. The number of aryl methyl sites for hydroxylation is 1. The highest BCUT2D eigenvalue weighted by atomic mass is 35.5. The Morgan fingerprint density at radius 3 is 2.36 bits per heavy atom. The van der Waals surface area contributed by atoms with Crippen LogP contribution < -0.4 is 15.4 Å². The van der Waals surface area contributed by atoms with Crippen LogP contribution in [-0.2, 0) is 0 Å². The molecular formula is C21H30Cl2N4O. The fraction of sp³-hybridized carbons (Fsp3) is 0.524. The molecule has 1 saturated heterocycles. The van der Waals surface area contributed by atoms with Gasteiger partial charge in [0.1, 0.15) is 17.4 Å². The van der Waals surface area contributed by atoms with Gasteiger partial charge in [-0.1, -0.05) is 18.2 Å². The molecule has 0 radical (unpaired) electrons. The van der Waals surface area contributed by atoms with Gasteiger partial charge in [0, 0.05) is 36.8 Å². The van der Waals surface area contributed by atoms with E-state index < -0.39 is 0 Å². The van der Waals surface area contributed by atoms with Crippen molar-refractivity contribution in [2.75, 3.05) is 25.1 Å². The Labute approximate surface area is 179 Å². The monoisotopic (exact) mass is 424 g/mol. The Hall–Kier alpha value is -1.56. The smallest absolute Gasteiger partial charge is 0.132 e. The average Bonchev–Trinajstić information content (AvgIpc) is 2.65. The molecule has 0 spiro atoms. The fourth-order valence-corrected chi connectivity index (χ4v) is 4.27. The van der Waals surface area contributed by atoms with Gasteiger partial charge in [-0.05, 0) is 50.2 Å². The number of piperidine rings is 1. The second-order valence-electron chi connectivity index (χ2n) is 7.63. The van der Waals surface area contributed by atoms with Gasteiger partial charge in [-0.25, -0.2) is 9.97 Å². The quantitative estimate of drug-likeness (QED) is 0.795. The number of benzene rings is 1. The summed E-state index contributed by atoms with van der Waals surface area (Å²) < 4.78 is 5.55. The molecule has 1 saturated carbocycles. The molecule has 1 aliphatic heterocycles. The molecule has 2 aliphatic rings. The first-order valence-corrected chi connectivity index (χ1v) is 9.63. The van der Waals surface area contributed by atoms with Crippen molar-refractivity contribution >= 4 is 30.6 Å². The van der Waals surface area contributed by atoms with Crippen molar-refractivity contribution in [1.82, 2.24) is 9.97 Å². The summed E-state index contributed by atoms with van der Waals surface area (Å²) in [6.45, 7) is 4.03. The molecular weight excluding hydrogens is 395 g/mol. The van der Waals surface area contributed by atoms with E-state index in [2.05, 4.69) is 34.1 Å². The number of nitrogens with zero attached hydrogens (tertiary/aromatic N) is 3. The van der Waals surface area contributed by atoms with Crippen LogP contribution in [0.1, 0.15) is 54.6 Å². The lowest BCUT2D eigenvalue weighted by molar-refractivity contribution is 0.344. The number of para-hydroxylation sites is 1. The molecule has 0 atom stereocenters. The van der Waals surface area contributed by atoms with Gasteiger partial charge in [0.2, 0.25) is 0 Å². The number of aromatic nitrogens is 2. The number of rotatable bonds is 4.